The van der Waals surface area contributed by atoms with Gasteiger partial charge in [-0.2, -0.15) is 0 Å². The summed E-state index contributed by atoms with van der Waals surface area (Å²) < 4.78 is 32.3. The second-order valence-electron chi connectivity index (χ2n) is 11.6. The molecule has 0 radical (unpaired) electrons. The summed E-state index contributed by atoms with van der Waals surface area (Å²) >= 11 is 10.4. The molecule has 1 N–H and O–H groups in total. The Morgan fingerprint density at radius 2 is 1.33 bits per heavy atom. The van der Waals surface area contributed by atoms with Crippen molar-refractivity contribution in [2.45, 2.75) is 56.4 Å². The van der Waals surface area contributed by atoms with Crippen LogP contribution in [0.2, 0.25) is 0 Å². The number of esters is 3. The first-order valence-corrected chi connectivity index (χ1v) is 17.8. The van der Waals surface area contributed by atoms with Crippen molar-refractivity contribution in [3.63, 3.8) is 0 Å². The Labute approximate surface area is 304 Å². The van der Waals surface area contributed by atoms with E-state index in [1.54, 1.807) is 24.3 Å². The van der Waals surface area contributed by atoms with E-state index in [1.165, 1.54) is 7.11 Å². The number of benzene rings is 3. The molecule has 2 aliphatic rings. The second kappa shape index (κ2) is 17.2. The molecule has 2 aliphatic heterocycles. The number of fused-ring (bicyclic) bond motifs is 1. The van der Waals surface area contributed by atoms with Gasteiger partial charge in [0.05, 0.1) is 24.0 Å². The van der Waals surface area contributed by atoms with E-state index in [2.05, 4.69) is 47.8 Å². The molecule has 5 rings (SSSR count). The maximum Gasteiger partial charge on any atom is 0.338 e. The molecule has 2 heterocycles. The van der Waals surface area contributed by atoms with E-state index >= 15 is 0 Å². The van der Waals surface area contributed by atoms with Crippen molar-refractivity contribution in [2.24, 2.45) is 11.8 Å². The highest BCUT2D eigenvalue weighted by atomic mass is 79.9. The van der Waals surface area contributed by atoms with Crippen molar-refractivity contribution in [1.29, 1.82) is 0 Å². The minimum absolute atomic E-state index is 0.225. The number of aliphatic hydroxyl groups is 1. The molecule has 0 amide bonds. The molecular formula is C36H35Br3O9. The molecule has 3 aromatic rings. The lowest BCUT2D eigenvalue weighted by Gasteiger charge is -2.44. The average Bonchev–Trinajstić information content (AvgIpc) is 3.06. The maximum absolute atomic E-state index is 14.0. The van der Waals surface area contributed by atoms with E-state index in [-0.39, 0.29) is 5.56 Å². The minimum Gasteiger partial charge on any atom is -0.454 e. The summed E-state index contributed by atoms with van der Waals surface area (Å²) in [4.78, 5) is 41.3. The molecule has 0 saturated carbocycles. The second-order valence-corrected chi connectivity index (χ2v) is 14.4. The molecule has 48 heavy (non-hydrogen) atoms. The average molecular weight is 851 g/mol. The van der Waals surface area contributed by atoms with Gasteiger partial charge in [-0.15, -0.1) is 0 Å². The minimum atomic E-state index is -1.36. The molecular weight excluding hydrogens is 816 g/mol. The van der Waals surface area contributed by atoms with Crippen LogP contribution in [-0.2, 0) is 46.1 Å². The third-order valence-corrected chi connectivity index (χ3v) is 9.76. The summed E-state index contributed by atoms with van der Waals surface area (Å²) in [7, 11) is 1.36. The van der Waals surface area contributed by atoms with Crippen LogP contribution < -0.4 is 0 Å². The highest BCUT2D eigenvalue weighted by Gasteiger charge is 2.53. The first-order chi connectivity index (χ1) is 23.1. The number of rotatable bonds is 8. The van der Waals surface area contributed by atoms with Crippen LogP contribution in [0.1, 0.15) is 34.3 Å². The summed E-state index contributed by atoms with van der Waals surface area (Å²) in [5, 5.41) is 10.4. The zero-order valence-corrected chi connectivity index (χ0v) is 30.8. The quantitative estimate of drug-likeness (QED) is 0.149. The fourth-order valence-electron chi connectivity index (χ4n) is 5.80. The Hall–Kier alpha value is -2.87. The number of carbonyl (C=O) groups excluding carboxylic acids is 3. The molecule has 254 valence electrons. The molecule has 0 spiro atoms. The SMILES string of the molecule is CO[C@H]1O[C@H](CO)[C@@H](OC(=O)c2ccc(Br)cc2)[C@@H]2OC(=O)[C@H](Cc3cccc(Br)c3)C/C=C\C[C@@H](Cc3cccc(Br)c3)C(=O)O[C@@H]12. The van der Waals surface area contributed by atoms with Gasteiger partial charge in [0, 0.05) is 20.5 Å². The summed E-state index contributed by atoms with van der Waals surface area (Å²) in [6.45, 7) is -0.595. The van der Waals surface area contributed by atoms with Crippen LogP contribution in [0.25, 0.3) is 0 Å². The number of carbonyl (C=O) groups is 3. The summed E-state index contributed by atoms with van der Waals surface area (Å²) in [5.74, 6) is -3.13. The van der Waals surface area contributed by atoms with Crippen molar-refractivity contribution in [3.05, 3.63) is 115 Å². The zero-order chi connectivity index (χ0) is 34.2. The van der Waals surface area contributed by atoms with E-state index in [0.29, 0.717) is 25.7 Å². The number of halogens is 3. The molecule has 7 atom stereocenters. The highest BCUT2D eigenvalue weighted by Crippen LogP contribution is 2.33. The normalized spacial score (nSPS) is 27.0. The number of hydrogen-bond donors (Lipinski definition) is 1. The molecule has 1 fully saturated rings. The van der Waals surface area contributed by atoms with Crippen molar-refractivity contribution in [2.75, 3.05) is 13.7 Å². The van der Waals surface area contributed by atoms with Crippen LogP contribution in [0.4, 0.5) is 0 Å². The van der Waals surface area contributed by atoms with Crippen molar-refractivity contribution < 1.29 is 43.2 Å². The molecule has 0 bridgehead atoms. The van der Waals surface area contributed by atoms with Crippen LogP contribution in [0.5, 0.6) is 0 Å². The van der Waals surface area contributed by atoms with Gasteiger partial charge in [-0.05, 0) is 85.3 Å². The van der Waals surface area contributed by atoms with E-state index < -0.39 is 67.1 Å². The van der Waals surface area contributed by atoms with Gasteiger partial charge < -0.3 is 28.8 Å². The zero-order valence-electron chi connectivity index (χ0n) is 26.0. The van der Waals surface area contributed by atoms with Crippen LogP contribution in [0, 0.1) is 11.8 Å². The Bertz CT molecular complexity index is 1610. The van der Waals surface area contributed by atoms with Gasteiger partial charge in [0.2, 0.25) is 0 Å². The Morgan fingerprint density at radius 1 is 0.792 bits per heavy atom. The van der Waals surface area contributed by atoms with Gasteiger partial charge in [0.25, 0.3) is 0 Å². The third kappa shape index (κ3) is 9.42. The Balaban J connectivity index is 1.53. The third-order valence-electron chi connectivity index (χ3n) is 8.25. The topological polar surface area (TPSA) is 118 Å². The first kappa shape index (κ1) is 36.4. The summed E-state index contributed by atoms with van der Waals surface area (Å²) in [5.41, 5.74) is 2.06. The van der Waals surface area contributed by atoms with E-state index in [1.807, 2.05) is 60.7 Å². The van der Waals surface area contributed by atoms with Crippen LogP contribution in [0.15, 0.2) is 98.4 Å². The predicted molar refractivity (Wildman–Crippen MR) is 187 cm³/mol. The standard InChI is InChI=1S/C36H35Br3O9/c1-44-36-32-31(30(29(20-40)45-36)46-33(41)23-12-14-26(37)15-13-23)47-34(42)24(16-21-6-4-10-27(38)18-21)8-2-3-9-25(35(43)48-32)17-22-7-5-11-28(39)19-22/h2-7,10-15,18-19,24-25,29-32,36,40H,8-9,16-17,20H2,1H3/b3-2-/t24-,25-,29+,30+,31-,32+,36-/m0/s1. The van der Waals surface area contributed by atoms with Crippen LogP contribution in [0.3, 0.4) is 0 Å². The van der Waals surface area contributed by atoms with Gasteiger partial charge in [0.1, 0.15) is 6.10 Å². The van der Waals surface area contributed by atoms with Gasteiger partial charge in [-0.25, -0.2) is 4.79 Å². The van der Waals surface area contributed by atoms with Gasteiger partial charge >= 0.3 is 17.9 Å². The monoisotopic (exact) mass is 848 g/mol. The lowest BCUT2D eigenvalue weighted by atomic mass is 9.92. The lowest BCUT2D eigenvalue weighted by Crippen LogP contribution is -2.63. The van der Waals surface area contributed by atoms with Crippen LogP contribution in [-0.4, -0.2) is 67.4 Å². The predicted octanol–water partition coefficient (Wildman–Crippen LogP) is 6.75. The fourth-order valence-corrected chi connectivity index (χ4v) is 6.96. The Kier molecular flexibility index (Phi) is 13.0. The van der Waals surface area contributed by atoms with Crippen molar-refractivity contribution >= 4 is 65.7 Å². The van der Waals surface area contributed by atoms with E-state index in [9.17, 15) is 19.5 Å². The molecule has 12 heteroatoms. The van der Waals surface area contributed by atoms with Crippen molar-refractivity contribution in [3.8, 4) is 0 Å². The number of methoxy groups -OCH3 is 1. The van der Waals surface area contributed by atoms with Gasteiger partial charge in [-0.1, -0.05) is 84.2 Å². The number of aliphatic hydroxyl groups excluding tert-OH is 1. The molecule has 0 aromatic heterocycles. The summed E-state index contributed by atoms with van der Waals surface area (Å²) in [6.07, 6.45) is -1.23. The number of ether oxygens (including phenoxy) is 5. The molecule has 3 aromatic carbocycles. The number of allylic oxidation sites excluding steroid dienone is 2. The van der Waals surface area contributed by atoms with Gasteiger partial charge in [0.15, 0.2) is 24.6 Å². The molecule has 9 nitrogen and oxygen atoms in total. The van der Waals surface area contributed by atoms with Crippen LogP contribution >= 0.6 is 47.8 Å². The summed E-state index contributed by atoms with van der Waals surface area (Å²) in [6, 6.07) is 21.8. The largest absolute Gasteiger partial charge is 0.454 e. The molecule has 0 unspecified atom stereocenters. The highest BCUT2D eigenvalue weighted by molar-refractivity contribution is 9.11. The Morgan fingerprint density at radius 3 is 1.83 bits per heavy atom. The van der Waals surface area contributed by atoms with E-state index in [0.717, 1.165) is 24.5 Å². The number of hydrogen-bond acceptors (Lipinski definition) is 9. The smallest absolute Gasteiger partial charge is 0.338 e. The van der Waals surface area contributed by atoms with E-state index in [4.69, 9.17) is 23.7 Å². The maximum atomic E-state index is 14.0. The lowest BCUT2D eigenvalue weighted by molar-refractivity contribution is -0.301. The molecule has 1 saturated heterocycles. The first-order valence-electron chi connectivity index (χ1n) is 15.5. The van der Waals surface area contributed by atoms with Gasteiger partial charge in [-0.3, -0.25) is 9.59 Å². The molecule has 0 aliphatic carbocycles. The van der Waals surface area contributed by atoms with Crippen molar-refractivity contribution in [1.82, 2.24) is 0 Å². The fraction of sp³-hybridized carbons (Fsp3) is 0.361.